The molecule has 0 spiro atoms. The van der Waals surface area contributed by atoms with Crippen LogP contribution in [-0.4, -0.2) is 17.4 Å². The number of para-hydroxylation sites is 2. The fraction of sp³-hybridized carbons (Fsp3) is 0.154. The predicted molar refractivity (Wildman–Crippen MR) is 118 cm³/mol. The maximum atomic E-state index is 13.8. The number of carbonyl (C=O) groups is 1. The molecule has 1 aliphatic heterocycles. The van der Waals surface area contributed by atoms with E-state index in [0.717, 1.165) is 45.4 Å². The molecule has 5 rings (SSSR count). The lowest BCUT2D eigenvalue weighted by Crippen LogP contribution is -2.30. The van der Waals surface area contributed by atoms with Crippen molar-refractivity contribution in [2.24, 2.45) is 0 Å². The maximum absolute atomic E-state index is 13.8. The van der Waals surface area contributed by atoms with E-state index in [9.17, 15) is 4.79 Å². The van der Waals surface area contributed by atoms with Crippen LogP contribution in [0.15, 0.2) is 72.8 Å². The molecule has 142 valence electrons. The number of hydrogen-bond acceptors (Lipinski definition) is 2. The number of carbonyl (C=O) groups excluding carboxylic acids is 1. The van der Waals surface area contributed by atoms with E-state index in [1.54, 1.807) is 0 Å². The van der Waals surface area contributed by atoms with Crippen molar-refractivity contribution in [2.45, 2.75) is 20.3 Å². The lowest BCUT2D eigenvalue weighted by Gasteiger charge is -2.21. The van der Waals surface area contributed by atoms with Crippen LogP contribution in [0.5, 0.6) is 0 Å². The molecule has 0 atom stereocenters. The molecule has 3 aromatic carbocycles. The van der Waals surface area contributed by atoms with Crippen molar-refractivity contribution in [2.75, 3.05) is 11.4 Å². The molecule has 1 aliphatic rings. The van der Waals surface area contributed by atoms with Crippen molar-refractivity contribution in [1.29, 1.82) is 0 Å². The Morgan fingerprint density at radius 3 is 2.45 bits per heavy atom. The van der Waals surface area contributed by atoms with Gasteiger partial charge in [-0.05, 0) is 43.5 Å². The third-order valence-corrected chi connectivity index (χ3v) is 5.81. The number of benzene rings is 3. The van der Waals surface area contributed by atoms with Crippen molar-refractivity contribution in [3.63, 3.8) is 0 Å². The Labute approximate surface area is 170 Å². The van der Waals surface area contributed by atoms with Crippen molar-refractivity contribution >= 4 is 22.5 Å². The highest BCUT2D eigenvalue weighted by molar-refractivity contribution is 6.16. The van der Waals surface area contributed by atoms with Gasteiger partial charge in [0.2, 0.25) is 0 Å². The first-order valence-electron chi connectivity index (χ1n) is 9.99. The number of aryl methyl sites for hydroxylation is 1. The van der Waals surface area contributed by atoms with Gasteiger partial charge in [-0.25, -0.2) is 4.98 Å². The van der Waals surface area contributed by atoms with Gasteiger partial charge in [-0.3, -0.25) is 4.79 Å². The first-order valence-corrected chi connectivity index (χ1v) is 9.99. The predicted octanol–water partition coefficient (Wildman–Crippen LogP) is 5.72. The summed E-state index contributed by atoms with van der Waals surface area (Å²) < 4.78 is 0. The second-order valence-corrected chi connectivity index (χ2v) is 7.68. The monoisotopic (exact) mass is 378 g/mol. The molecular formula is C26H22N2O. The summed E-state index contributed by atoms with van der Waals surface area (Å²) in [6.45, 7) is 4.81. The number of aromatic nitrogens is 1. The van der Waals surface area contributed by atoms with Gasteiger partial charge in [0.05, 0.1) is 16.8 Å². The average molecular weight is 378 g/mol. The van der Waals surface area contributed by atoms with Crippen LogP contribution in [0, 0.1) is 13.8 Å². The largest absolute Gasteiger partial charge is 0.308 e. The van der Waals surface area contributed by atoms with Crippen LogP contribution in [0.2, 0.25) is 0 Å². The van der Waals surface area contributed by atoms with E-state index in [0.29, 0.717) is 6.54 Å². The summed E-state index contributed by atoms with van der Waals surface area (Å²) >= 11 is 0. The number of fused-ring (bicyclic) bond motifs is 2. The zero-order valence-electron chi connectivity index (χ0n) is 16.6. The normalized spacial score (nSPS) is 13.0. The summed E-state index contributed by atoms with van der Waals surface area (Å²) in [4.78, 5) is 20.6. The highest BCUT2D eigenvalue weighted by atomic mass is 16.2. The van der Waals surface area contributed by atoms with E-state index in [2.05, 4.69) is 37.3 Å². The Morgan fingerprint density at radius 1 is 0.897 bits per heavy atom. The van der Waals surface area contributed by atoms with E-state index in [-0.39, 0.29) is 5.91 Å². The second kappa shape index (κ2) is 6.85. The molecule has 0 saturated heterocycles. The van der Waals surface area contributed by atoms with Crippen LogP contribution in [0.1, 0.15) is 27.0 Å². The molecule has 0 saturated carbocycles. The van der Waals surface area contributed by atoms with Gasteiger partial charge in [-0.15, -0.1) is 0 Å². The van der Waals surface area contributed by atoms with Crippen LogP contribution in [-0.2, 0) is 6.42 Å². The number of nitrogens with zero attached hydrogens (tertiary/aromatic N) is 2. The quantitative estimate of drug-likeness (QED) is 0.447. The Kier molecular flexibility index (Phi) is 4.17. The molecule has 3 heteroatoms. The number of amides is 1. The average Bonchev–Trinajstić information content (AvgIpc) is 3.18. The van der Waals surface area contributed by atoms with Gasteiger partial charge < -0.3 is 4.90 Å². The van der Waals surface area contributed by atoms with Gasteiger partial charge in [-0.2, -0.15) is 0 Å². The second-order valence-electron chi connectivity index (χ2n) is 7.68. The molecule has 3 nitrogen and oxygen atoms in total. The molecule has 0 bridgehead atoms. The van der Waals surface area contributed by atoms with Crippen LogP contribution in [0.25, 0.3) is 22.2 Å². The van der Waals surface area contributed by atoms with Gasteiger partial charge in [0.1, 0.15) is 0 Å². The number of pyridine rings is 1. The van der Waals surface area contributed by atoms with Crippen LogP contribution in [0.4, 0.5) is 5.69 Å². The van der Waals surface area contributed by atoms with Gasteiger partial charge >= 0.3 is 0 Å². The maximum Gasteiger partial charge on any atom is 0.259 e. The topological polar surface area (TPSA) is 33.2 Å². The molecule has 0 fully saturated rings. The summed E-state index contributed by atoms with van der Waals surface area (Å²) in [7, 11) is 0. The van der Waals surface area contributed by atoms with E-state index in [1.165, 1.54) is 11.1 Å². The molecule has 0 radical (unpaired) electrons. The third kappa shape index (κ3) is 2.90. The SMILES string of the molecule is Cc1ccc(-c2nc3ccccc3c(C(=O)N3CCc4ccccc43)c2C)cc1. The van der Waals surface area contributed by atoms with E-state index < -0.39 is 0 Å². The first kappa shape index (κ1) is 17.6. The van der Waals surface area contributed by atoms with Crippen LogP contribution < -0.4 is 4.90 Å². The standard InChI is InChI=1S/C26H22N2O/c1-17-11-13-20(14-12-17)25-18(2)24(21-8-4-5-9-22(21)27-25)26(29)28-16-15-19-7-3-6-10-23(19)28/h3-14H,15-16H2,1-2H3. The number of rotatable bonds is 2. The molecule has 1 aromatic heterocycles. The number of anilines is 1. The minimum Gasteiger partial charge on any atom is -0.308 e. The molecule has 4 aromatic rings. The van der Waals surface area contributed by atoms with E-state index in [1.807, 2.05) is 54.3 Å². The van der Waals surface area contributed by atoms with Gasteiger partial charge in [0.25, 0.3) is 5.91 Å². The Bertz CT molecular complexity index is 1240. The zero-order chi connectivity index (χ0) is 20.0. The molecule has 0 aliphatic carbocycles. The van der Waals surface area contributed by atoms with Crippen LogP contribution in [0.3, 0.4) is 0 Å². The molecular weight excluding hydrogens is 356 g/mol. The summed E-state index contributed by atoms with van der Waals surface area (Å²) in [6, 6.07) is 24.5. The minimum absolute atomic E-state index is 0.0550. The Balaban J connectivity index is 1.72. The van der Waals surface area contributed by atoms with Gasteiger partial charge in [0.15, 0.2) is 0 Å². The summed E-state index contributed by atoms with van der Waals surface area (Å²) in [5.41, 5.74) is 7.91. The highest BCUT2D eigenvalue weighted by Crippen LogP contribution is 2.34. The van der Waals surface area contributed by atoms with E-state index in [4.69, 9.17) is 4.98 Å². The summed E-state index contributed by atoms with van der Waals surface area (Å²) in [6.07, 6.45) is 0.898. The van der Waals surface area contributed by atoms with Crippen molar-refractivity contribution < 1.29 is 4.79 Å². The smallest absolute Gasteiger partial charge is 0.259 e. The van der Waals surface area contributed by atoms with Gasteiger partial charge in [0, 0.05) is 23.2 Å². The fourth-order valence-corrected chi connectivity index (χ4v) is 4.26. The highest BCUT2D eigenvalue weighted by Gasteiger charge is 2.28. The molecule has 29 heavy (non-hydrogen) atoms. The zero-order valence-corrected chi connectivity index (χ0v) is 16.6. The molecule has 0 N–H and O–H groups in total. The summed E-state index contributed by atoms with van der Waals surface area (Å²) in [5, 5.41) is 0.912. The molecule has 0 unspecified atom stereocenters. The lowest BCUT2D eigenvalue weighted by atomic mass is 9.96. The fourth-order valence-electron chi connectivity index (χ4n) is 4.26. The van der Waals surface area contributed by atoms with Crippen LogP contribution >= 0.6 is 0 Å². The Morgan fingerprint density at radius 2 is 1.62 bits per heavy atom. The van der Waals surface area contributed by atoms with Crippen molar-refractivity contribution in [3.05, 3.63) is 95.1 Å². The van der Waals surface area contributed by atoms with Gasteiger partial charge in [-0.1, -0.05) is 66.2 Å². The molecule has 1 amide bonds. The molecule has 2 heterocycles. The Hall–Kier alpha value is -3.46. The van der Waals surface area contributed by atoms with Crippen molar-refractivity contribution in [1.82, 2.24) is 4.98 Å². The summed E-state index contributed by atoms with van der Waals surface area (Å²) in [5.74, 6) is 0.0550. The minimum atomic E-state index is 0.0550. The number of hydrogen-bond donors (Lipinski definition) is 0. The lowest BCUT2D eigenvalue weighted by molar-refractivity contribution is 0.0990. The third-order valence-electron chi connectivity index (χ3n) is 5.81. The van der Waals surface area contributed by atoms with Crippen molar-refractivity contribution in [3.8, 4) is 11.3 Å². The van der Waals surface area contributed by atoms with E-state index >= 15 is 0 Å². The first-order chi connectivity index (χ1) is 14.1.